The number of esters is 1. The third-order valence-corrected chi connectivity index (χ3v) is 16.8. The third kappa shape index (κ3) is 10.0. The molecular formula is C59H74N6O12. The van der Waals surface area contributed by atoms with Crippen LogP contribution in [0.3, 0.4) is 0 Å². The van der Waals surface area contributed by atoms with Gasteiger partial charge in [-0.25, -0.2) is 4.99 Å². The third-order valence-electron chi connectivity index (χ3n) is 16.8. The first-order valence-corrected chi connectivity index (χ1v) is 27.0. The molecule has 1 aromatic heterocycles. The van der Waals surface area contributed by atoms with Gasteiger partial charge in [-0.15, -0.1) is 0 Å². The number of nitrogens with zero attached hydrogens (tertiary/aromatic N) is 4. The Hall–Kier alpha value is -6.60. The number of hydrogen-bond acceptors (Lipinski definition) is 15. The summed E-state index contributed by atoms with van der Waals surface area (Å²) in [6.07, 6.45) is 4.92. The predicted octanol–water partition coefficient (Wildman–Crippen LogP) is 6.43. The van der Waals surface area contributed by atoms with Crippen LogP contribution in [0.25, 0.3) is 21.7 Å². The number of aromatic amines is 1. The summed E-state index contributed by atoms with van der Waals surface area (Å²) in [5.74, 6) is -9.21. The lowest BCUT2D eigenvalue weighted by atomic mass is 9.78. The molecule has 3 aromatic carbocycles. The topological polar surface area (TPSA) is 245 Å². The fourth-order valence-electron chi connectivity index (χ4n) is 12.0. The second kappa shape index (κ2) is 21.3. The summed E-state index contributed by atoms with van der Waals surface area (Å²) in [7, 11) is 1.45. The normalized spacial score (nSPS) is 29.7. The van der Waals surface area contributed by atoms with Crippen molar-refractivity contribution in [2.24, 2.45) is 45.5 Å². The number of hydrogen-bond donors (Lipinski definition) is 6. The largest absolute Gasteiger partial charge is 0.507 e. The number of Topliss-reactive ketones (excluding diaryl/α,β-unsaturated/α-hetero) is 1. The number of phenolic OH excluding ortho intramolecular Hbond substituents is 2. The number of likely N-dealkylation sites (tertiary alicyclic amines) is 1. The molecule has 5 bridgehead atoms. The molecule has 7 heterocycles. The summed E-state index contributed by atoms with van der Waals surface area (Å²) in [4.78, 5) is 74.7. The molecule has 1 fully saturated rings. The van der Waals surface area contributed by atoms with Gasteiger partial charge in [-0.3, -0.25) is 24.2 Å². The van der Waals surface area contributed by atoms with Crippen molar-refractivity contribution in [1.82, 2.24) is 14.8 Å². The first kappa shape index (κ1) is 55.2. The smallest absolute Gasteiger partial charge is 0.318 e. The van der Waals surface area contributed by atoms with E-state index in [1.165, 1.54) is 39.4 Å². The summed E-state index contributed by atoms with van der Waals surface area (Å²) in [5.41, 5.74) is 2.77. The molecular weight excluding hydrogens is 985 g/mol. The van der Waals surface area contributed by atoms with Crippen molar-refractivity contribution >= 4 is 50.9 Å². The molecule has 18 heteroatoms. The number of H-pyrrole nitrogens is 1. The van der Waals surface area contributed by atoms with Gasteiger partial charge < -0.3 is 59.5 Å². The van der Waals surface area contributed by atoms with Crippen LogP contribution in [0, 0.1) is 42.4 Å². The molecule has 0 radical (unpaired) electrons. The van der Waals surface area contributed by atoms with Gasteiger partial charge in [0.25, 0.3) is 11.7 Å². The van der Waals surface area contributed by atoms with E-state index in [0.29, 0.717) is 57.0 Å². The number of anilines is 1. The first-order valence-electron chi connectivity index (χ1n) is 27.0. The van der Waals surface area contributed by atoms with Crippen LogP contribution in [0.4, 0.5) is 5.69 Å². The van der Waals surface area contributed by atoms with Gasteiger partial charge in [0.05, 0.1) is 41.2 Å². The van der Waals surface area contributed by atoms with Gasteiger partial charge in [-0.1, -0.05) is 78.0 Å². The van der Waals surface area contributed by atoms with Crippen LogP contribution in [0.15, 0.2) is 70.4 Å². The van der Waals surface area contributed by atoms with E-state index >= 15 is 4.79 Å². The summed E-state index contributed by atoms with van der Waals surface area (Å²) < 4.78 is 25.0. The Labute approximate surface area is 448 Å². The molecule has 4 aromatic rings. The number of aromatic hydroxyl groups is 2. The van der Waals surface area contributed by atoms with Crippen molar-refractivity contribution in [3.8, 4) is 17.2 Å². The number of aliphatic hydroxyl groups excluding tert-OH is 2. The Morgan fingerprint density at radius 3 is 2.34 bits per heavy atom. The number of amides is 2. The number of carbonyl (C=O) groups excluding carboxylic acids is 4. The maximum Gasteiger partial charge on any atom is 0.318 e. The number of rotatable bonds is 6. The molecule has 0 aliphatic carbocycles. The Morgan fingerprint density at radius 2 is 1.64 bits per heavy atom. The average molecular weight is 1060 g/mol. The van der Waals surface area contributed by atoms with Crippen LogP contribution in [-0.4, -0.2) is 128 Å². The number of methoxy groups -OCH3 is 1. The first-order chi connectivity index (χ1) is 36.5. The van der Waals surface area contributed by atoms with E-state index in [1.807, 2.05) is 24.3 Å². The van der Waals surface area contributed by atoms with Gasteiger partial charge in [0.1, 0.15) is 39.9 Å². The quantitative estimate of drug-likeness (QED) is 0.0693. The Balaban J connectivity index is 1.08. The van der Waals surface area contributed by atoms with E-state index in [9.17, 15) is 34.8 Å². The van der Waals surface area contributed by atoms with E-state index in [1.54, 1.807) is 58.6 Å². The van der Waals surface area contributed by atoms with Gasteiger partial charge in [-0.2, -0.15) is 0 Å². The van der Waals surface area contributed by atoms with E-state index in [2.05, 4.69) is 34.0 Å². The Morgan fingerprint density at radius 1 is 0.922 bits per heavy atom. The van der Waals surface area contributed by atoms with Crippen LogP contribution < -0.4 is 20.8 Å². The highest BCUT2D eigenvalue weighted by Crippen LogP contribution is 2.51. The molecule has 2 amide bonds. The van der Waals surface area contributed by atoms with Crippen molar-refractivity contribution in [3.63, 3.8) is 0 Å². The summed E-state index contributed by atoms with van der Waals surface area (Å²) >= 11 is 0. The Kier molecular flexibility index (Phi) is 15.3. The number of carbonyl (C=O) groups is 4. The monoisotopic (exact) mass is 1060 g/mol. The second-order valence-electron chi connectivity index (χ2n) is 22.7. The molecule has 10 atom stereocenters. The maximum absolute atomic E-state index is 15.0. The van der Waals surface area contributed by atoms with Gasteiger partial charge >= 0.3 is 11.8 Å². The number of aromatic nitrogens is 1. The van der Waals surface area contributed by atoms with Crippen molar-refractivity contribution < 1.29 is 58.6 Å². The number of phenols is 2. The van der Waals surface area contributed by atoms with Crippen molar-refractivity contribution in [2.75, 3.05) is 38.6 Å². The minimum Gasteiger partial charge on any atom is -0.507 e. The van der Waals surface area contributed by atoms with Gasteiger partial charge in [0, 0.05) is 128 Å². The molecule has 10 rings (SSSR count). The van der Waals surface area contributed by atoms with E-state index in [-0.39, 0.29) is 43.9 Å². The highest BCUT2D eigenvalue weighted by Gasteiger charge is 2.51. The number of ketones is 1. The molecule has 1 saturated heterocycles. The number of fused-ring (bicyclic) bond motifs is 16. The number of ether oxygens (including phenoxy) is 4. The van der Waals surface area contributed by atoms with Gasteiger partial charge in [0.2, 0.25) is 5.91 Å². The molecule has 18 nitrogen and oxygen atoms in total. The van der Waals surface area contributed by atoms with Crippen LogP contribution in [0.2, 0.25) is 0 Å². The fourth-order valence-corrected chi connectivity index (χ4v) is 12.0. The zero-order valence-corrected chi connectivity index (χ0v) is 46.0. The van der Waals surface area contributed by atoms with Gasteiger partial charge in [0.15, 0.2) is 5.75 Å². The van der Waals surface area contributed by atoms with Crippen molar-refractivity contribution in [1.29, 1.82) is 0 Å². The number of nitrogens with one attached hydrogen (secondary N) is 2. The lowest BCUT2D eigenvalue weighted by Crippen LogP contribution is -2.48. The molecule has 6 N–H and O–H groups in total. The minimum atomic E-state index is -2.03. The average Bonchev–Trinajstić information content (AvgIpc) is 4.30. The molecule has 1 unspecified atom stereocenters. The Bertz CT molecular complexity index is 3240. The summed E-state index contributed by atoms with van der Waals surface area (Å²) in [5, 5.41) is 52.7. The predicted molar refractivity (Wildman–Crippen MR) is 289 cm³/mol. The SMILES string of the molecule is CO[C@H]1/C=C/O[C@@]2(C)Oc3c(C)c(O)c4c(O)c(c5c(c4c3C2=O)NC2(CCN(CC(C)C)CC2)N=5)=NC(=O)/C(C)=C\C=C\[C@H](C)[C@H](O)[C@@H](C)[C@@H](O)[C@@H](C)[C@H](OC(=O)C(C)C(=O)N2CCc3[nH]c4ccccc4c3C2)[C@@H]1C. The number of piperidine rings is 1. The van der Waals surface area contributed by atoms with Crippen LogP contribution in [-0.2, 0) is 41.6 Å². The lowest BCUT2D eigenvalue weighted by molar-refractivity contribution is -0.171. The van der Waals surface area contributed by atoms with Crippen molar-refractivity contribution in [2.45, 2.75) is 131 Å². The zero-order valence-electron chi connectivity index (χ0n) is 46.0. The molecule has 6 aliphatic heterocycles. The van der Waals surface area contributed by atoms with Gasteiger partial charge in [-0.05, 0) is 38.8 Å². The van der Waals surface area contributed by atoms with Crippen molar-refractivity contribution in [3.05, 3.63) is 93.5 Å². The number of para-hydroxylation sites is 1. The zero-order chi connectivity index (χ0) is 55.6. The molecule has 1 spiro atoms. The van der Waals surface area contributed by atoms with Crippen LogP contribution in [0.5, 0.6) is 17.2 Å². The summed E-state index contributed by atoms with van der Waals surface area (Å²) in [6.45, 7) is 20.3. The van der Waals surface area contributed by atoms with E-state index in [0.717, 1.165) is 28.7 Å². The standard InChI is InChI=1S/C59H74N6O12/c1-29(2)27-64-24-21-59(22-25-64)62-45-42-43-50(68)35(8)53-44(42)54(70)58(10,77-53)75-26-20-41(74-11)32(5)52(76-57(73)36(9)56(72)65-23-19-40-38(28-65)37-17-12-13-18-39(37)60-40)34(7)49(67)33(6)48(66)30(3)15-14-16-31(4)55(71)61-47(51(43)69)46(45)63-59/h12-18,20,26,29-30,32-34,36,41,48-49,52,60,62,66-69H,19,21-25,27-28H2,1-11H3/b15-14+,26-20+,31-16-,61-47?/t30-,32+,33+,34+,36?,41-,48-,49+,52+,58-/m0/s1. The number of aliphatic hydroxyl groups is 2. The molecule has 77 heavy (non-hydrogen) atoms. The highest BCUT2D eigenvalue weighted by atomic mass is 16.7. The van der Waals surface area contributed by atoms with E-state index < -0.39 is 101 Å². The van der Waals surface area contributed by atoms with Crippen LogP contribution in [0.1, 0.15) is 102 Å². The molecule has 0 saturated carbocycles. The molecule has 6 aliphatic rings. The second-order valence-corrected chi connectivity index (χ2v) is 22.7. The summed E-state index contributed by atoms with van der Waals surface area (Å²) in [6, 6.07) is 7.89. The maximum atomic E-state index is 15.0. The van der Waals surface area contributed by atoms with Crippen LogP contribution >= 0.6 is 0 Å². The molecule has 412 valence electrons. The number of allylic oxidation sites excluding steroid dienone is 2. The minimum absolute atomic E-state index is 0.0234. The fraction of sp³-hybridized carbons (Fsp3) is 0.525. The number of benzene rings is 3. The van der Waals surface area contributed by atoms with E-state index in [4.69, 9.17) is 23.9 Å². The lowest BCUT2D eigenvalue weighted by Gasteiger charge is -2.38. The highest BCUT2D eigenvalue weighted by molar-refractivity contribution is 6.21.